The molecule has 0 bridgehead atoms. The number of nitrogens with one attached hydrogen (secondary N) is 2. The third-order valence-corrected chi connectivity index (χ3v) is 6.90. The molecule has 40 heavy (non-hydrogen) atoms. The Morgan fingerprint density at radius 2 is 1.68 bits per heavy atom. The van der Waals surface area contributed by atoms with Gasteiger partial charge in [-0.15, -0.1) is 0 Å². The Balaban J connectivity index is 1.39. The number of carbonyl (C=O) groups is 4. The summed E-state index contributed by atoms with van der Waals surface area (Å²) in [6.45, 7) is 5.09. The summed E-state index contributed by atoms with van der Waals surface area (Å²) in [6.07, 6.45) is 1.55. The van der Waals surface area contributed by atoms with Crippen molar-refractivity contribution in [1.29, 1.82) is 0 Å². The summed E-state index contributed by atoms with van der Waals surface area (Å²) in [4.78, 5) is 51.5. The molecule has 0 aromatic heterocycles. The zero-order chi connectivity index (χ0) is 28.8. The maximum atomic E-state index is 12.9. The molecule has 1 saturated heterocycles. The Labute approximate surface area is 236 Å². The van der Waals surface area contributed by atoms with Crippen molar-refractivity contribution in [1.82, 2.24) is 4.90 Å². The smallest absolute Gasteiger partial charge is 0.294 e. The van der Waals surface area contributed by atoms with E-state index in [1.807, 2.05) is 57.2 Å². The van der Waals surface area contributed by atoms with Crippen molar-refractivity contribution < 1.29 is 28.7 Å². The number of thioether (sulfide) groups is 1. The van der Waals surface area contributed by atoms with Crippen LogP contribution in [0.25, 0.3) is 6.08 Å². The molecule has 4 amide bonds. The van der Waals surface area contributed by atoms with Crippen LogP contribution in [-0.2, 0) is 14.4 Å². The number of imide groups is 1. The topological polar surface area (TPSA) is 114 Å². The van der Waals surface area contributed by atoms with Crippen LogP contribution in [0.1, 0.15) is 22.3 Å². The highest BCUT2D eigenvalue weighted by Gasteiger charge is 2.36. The Kier molecular flexibility index (Phi) is 8.90. The fourth-order valence-corrected chi connectivity index (χ4v) is 4.79. The van der Waals surface area contributed by atoms with E-state index in [1.165, 1.54) is 7.11 Å². The zero-order valence-corrected chi connectivity index (χ0v) is 23.4. The molecule has 10 heteroatoms. The first kappa shape index (κ1) is 28.4. The maximum Gasteiger partial charge on any atom is 0.294 e. The largest absolute Gasteiger partial charge is 0.493 e. The second-order valence-corrected chi connectivity index (χ2v) is 10.2. The molecule has 1 aliphatic heterocycles. The molecule has 4 rings (SSSR count). The van der Waals surface area contributed by atoms with Crippen LogP contribution in [-0.4, -0.2) is 48.1 Å². The summed E-state index contributed by atoms with van der Waals surface area (Å²) in [5.74, 6) is -0.656. The molecule has 3 aromatic rings. The lowest BCUT2D eigenvalue weighted by Crippen LogP contribution is -2.36. The van der Waals surface area contributed by atoms with E-state index in [2.05, 4.69) is 10.6 Å². The van der Waals surface area contributed by atoms with Gasteiger partial charge in [0.1, 0.15) is 6.54 Å². The van der Waals surface area contributed by atoms with Crippen LogP contribution in [0.15, 0.2) is 65.6 Å². The maximum absolute atomic E-state index is 12.9. The molecule has 9 nitrogen and oxygen atoms in total. The summed E-state index contributed by atoms with van der Waals surface area (Å²) in [5, 5.41) is 5.01. The Bertz CT molecular complexity index is 1520. The molecule has 0 radical (unpaired) electrons. The van der Waals surface area contributed by atoms with Crippen LogP contribution >= 0.6 is 11.8 Å². The molecule has 1 fully saturated rings. The van der Waals surface area contributed by atoms with Gasteiger partial charge >= 0.3 is 0 Å². The van der Waals surface area contributed by atoms with Gasteiger partial charge in [0, 0.05) is 11.4 Å². The van der Waals surface area contributed by atoms with Crippen LogP contribution in [0.2, 0.25) is 0 Å². The molecule has 2 N–H and O–H groups in total. The standard InChI is InChI=1S/C30H29N3O6S/c1-18-6-5-7-22(12-18)31-28(35)17-39-24-11-10-21(14-25(24)38-4)15-26-29(36)33(30(37)40-26)16-27(34)32-23-13-19(2)8-9-20(23)3/h5-15H,16-17H2,1-4H3,(H,31,35)(H,32,34)/b26-15+. The van der Waals surface area contributed by atoms with E-state index in [9.17, 15) is 19.2 Å². The molecular weight excluding hydrogens is 530 g/mol. The molecular formula is C30H29N3O6S. The van der Waals surface area contributed by atoms with Crippen molar-refractivity contribution in [2.45, 2.75) is 20.8 Å². The number of ether oxygens (including phenoxy) is 2. The minimum Gasteiger partial charge on any atom is -0.493 e. The van der Waals surface area contributed by atoms with E-state index in [0.717, 1.165) is 33.4 Å². The van der Waals surface area contributed by atoms with Gasteiger partial charge in [0.25, 0.3) is 17.1 Å². The number of anilines is 2. The van der Waals surface area contributed by atoms with E-state index in [1.54, 1.807) is 30.3 Å². The van der Waals surface area contributed by atoms with E-state index < -0.39 is 23.6 Å². The average Bonchev–Trinajstić information content (AvgIpc) is 3.17. The summed E-state index contributed by atoms with van der Waals surface area (Å²) >= 11 is 0.758. The lowest BCUT2D eigenvalue weighted by Gasteiger charge is -2.14. The molecule has 206 valence electrons. The van der Waals surface area contributed by atoms with Gasteiger partial charge in [-0.3, -0.25) is 24.1 Å². The first-order chi connectivity index (χ1) is 19.1. The van der Waals surface area contributed by atoms with Crippen molar-refractivity contribution in [2.24, 2.45) is 0 Å². The fraction of sp³-hybridized carbons (Fsp3) is 0.200. The molecule has 0 unspecified atom stereocenters. The molecule has 0 saturated carbocycles. The first-order valence-corrected chi connectivity index (χ1v) is 13.2. The third-order valence-electron chi connectivity index (χ3n) is 5.99. The number of carbonyl (C=O) groups excluding carboxylic acids is 4. The van der Waals surface area contributed by atoms with E-state index >= 15 is 0 Å². The van der Waals surface area contributed by atoms with Crippen molar-refractivity contribution in [3.8, 4) is 11.5 Å². The lowest BCUT2D eigenvalue weighted by molar-refractivity contribution is -0.127. The predicted molar refractivity (Wildman–Crippen MR) is 156 cm³/mol. The van der Waals surface area contributed by atoms with Crippen LogP contribution in [0.3, 0.4) is 0 Å². The first-order valence-electron chi connectivity index (χ1n) is 12.4. The fourth-order valence-electron chi connectivity index (χ4n) is 3.95. The highest BCUT2D eigenvalue weighted by Crippen LogP contribution is 2.34. The Morgan fingerprint density at radius 1 is 0.900 bits per heavy atom. The predicted octanol–water partition coefficient (Wildman–Crippen LogP) is 5.31. The van der Waals surface area contributed by atoms with E-state index in [0.29, 0.717) is 28.4 Å². The SMILES string of the molecule is COc1cc(/C=C2/SC(=O)N(CC(=O)Nc3cc(C)ccc3C)C2=O)ccc1OCC(=O)Nc1cccc(C)c1. The zero-order valence-electron chi connectivity index (χ0n) is 22.6. The van der Waals surface area contributed by atoms with Gasteiger partial charge in [0.05, 0.1) is 12.0 Å². The highest BCUT2D eigenvalue weighted by atomic mass is 32.2. The van der Waals surface area contributed by atoms with Gasteiger partial charge in [-0.25, -0.2) is 0 Å². The summed E-state index contributed by atoms with van der Waals surface area (Å²) in [7, 11) is 1.46. The van der Waals surface area contributed by atoms with Crippen LogP contribution in [0.4, 0.5) is 16.2 Å². The van der Waals surface area contributed by atoms with Gasteiger partial charge in [0.2, 0.25) is 5.91 Å². The van der Waals surface area contributed by atoms with Crippen molar-refractivity contribution >= 4 is 52.2 Å². The number of hydrogen-bond acceptors (Lipinski definition) is 7. The molecule has 1 aliphatic rings. The molecule has 3 aromatic carbocycles. The molecule has 0 atom stereocenters. The summed E-state index contributed by atoms with van der Waals surface area (Å²) in [6, 6.07) is 18.0. The third kappa shape index (κ3) is 7.09. The number of benzene rings is 3. The minimum absolute atomic E-state index is 0.179. The van der Waals surface area contributed by atoms with Gasteiger partial charge < -0.3 is 20.1 Å². The summed E-state index contributed by atoms with van der Waals surface area (Å²) < 4.78 is 11.0. The number of hydrogen-bond donors (Lipinski definition) is 2. The summed E-state index contributed by atoms with van der Waals surface area (Å²) in [5.41, 5.74) is 4.77. The normalized spacial score (nSPS) is 13.9. The van der Waals surface area contributed by atoms with Crippen molar-refractivity contribution in [2.75, 3.05) is 30.9 Å². The monoisotopic (exact) mass is 559 g/mol. The van der Waals surface area contributed by atoms with Crippen LogP contribution in [0, 0.1) is 20.8 Å². The number of rotatable bonds is 9. The van der Waals surface area contributed by atoms with Gasteiger partial charge in [-0.05, 0) is 91.2 Å². The van der Waals surface area contributed by atoms with Gasteiger partial charge in [-0.1, -0.05) is 30.3 Å². The number of methoxy groups -OCH3 is 1. The van der Waals surface area contributed by atoms with Gasteiger partial charge in [0.15, 0.2) is 18.1 Å². The van der Waals surface area contributed by atoms with E-state index in [-0.39, 0.29) is 17.4 Å². The quantitative estimate of drug-likeness (QED) is 0.342. The lowest BCUT2D eigenvalue weighted by atomic mass is 10.1. The second kappa shape index (κ2) is 12.5. The number of nitrogens with zero attached hydrogens (tertiary/aromatic N) is 1. The van der Waals surface area contributed by atoms with E-state index in [4.69, 9.17) is 9.47 Å². The Hall–Kier alpha value is -4.57. The Morgan fingerprint density at radius 3 is 2.42 bits per heavy atom. The highest BCUT2D eigenvalue weighted by molar-refractivity contribution is 8.18. The van der Waals surface area contributed by atoms with Gasteiger partial charge in [-0.2, -0.15) is 0 Å². The molecule has 0 aliphatic carbocycles. The minimum atomic E-state index is -0.557. The van der Waals surface area contributed by atoms with Crippen LogP contribution in [0.5, 0.6) is 11.5 Å². The number of amides is 4. The molecule has 1 heterocycles. The average molecular weight is 560 g/mol. The number of aryl methyl sites for hydroxylation is 3. The van der Waals surface area contributed by atoms with Crippen molar-refractivity contribution in [3.05, 3.63) is 87.8 Å². The van der Waals surface area contributed by atoms with Crippen LogP contribution < -0.4 is 20.1 Å². The molecule has 0 spiro atoms. The second-order valence-electron chi connectivity index (χ2n) is 9.25. The van der Waals surface area contributed by atoms with Crippen molar-refractivity contribution in [3.63, 3.8) is 0 Å².